The molecule has 0 radical (unpaired) electrons. The van der Waals surface area contributed by atoms with E-state index in [0.29, 0.717) is 0 Å². The lowest BCUT2D eigenvalue weighted by atomic mass is 9.97. The molecule has 0 aromatic heterocycles. The van der Waals surface area contributed by atoms with Crippen LogP contribution < -0.4 is 0 Å². The van der Waals surface area contributed by atoms with Crippen molar-refractivity contribution in [3.63, 3.8) is 0 Å². The quantitative estimate of drug-likeness (QED) is 0.103. The molecule has 45 heavy (non-hydrogen) atoms. The molecule has 0 unspecified atom stereocenters. The lowest BCUT2D eigenvalue weighted by Gasteiger charge is -2.47. The summed E-state index contributed by atoms with van der Waals surface area (Å²) in [5.74, 6) is 0. The van der Waals surface area contributed by atoms with Crippen molar-refractivity contribution in [3.05, 3.63) is 0 Å². The molecule has 14 N–H and O–H groups in total. The van der Waals surface area contributed by atoms with Gasteiger partial charge in [0, 0.05) is 0 Å². The third-order valence-electron chi connectivity index (χ3n) is 8.17. The Hall–Kier alpha value is -0.840. The van der Waals surface area contributed by atoms with Crippen LogP contribution >= 0.6 is 0 Å². The van der Waals surface area contributed by atoms with Crippen LogP contribution in [0.3, 0.4) is 0 Å². The number of aliphatic hydroxyl groups excluding tert-OH is 14. The van der Waals surface area contributed by atoms with Gasteiger partial charge in [-0.1, -0.05) is 0 Å². The van der Waals surface area contributed by atoms with Gasteiger partial charge in [-0.2, -0.15) is 0 Å². The van der Waals surface area contributed by atoms with Crippen molar-refractivity contribution < 1.29 is 105 Å². The molecule has 264 valence electrons. The van der Waals surface area contributed by atoms with Crippen LogP contribution in [-0.4, -0.2) is 221 Å². The first kappa shape index (κ1) is 37.0. The molecule has 20 atom stereocenters. The van der Waals surface area contributed by atoms with Crippen molar-refractivity contribution in [2.24, 2.45) is 0 Å². The van der Waals surface area contributed by atoms with Crippen LogP contribution in [0.2, 0.25) is 0 Å². The second-order valence-electron chi connectivity index (χ2n) is 11.2. The van der Waals surface area contributed by atoms with Gasteiger partial charge in [0.15, 0.2) is 25.2 Å². The number of aliphatic hydroxyl groups is 14. The fraction of sp³-hybridized carbons (Fsp3) is 1.00. The molecule has 0 aliphatic carbocycles. The van der Waals surface area contributed by atoms with Gasteiger partial charge in [-0.3, -0.25) is 0 Å². The predicted octanol–water partition coefficient (Wildman–Crippen LogP) is -9.75. The summed E-state index contributed by atoms with van der Waals surface area (Å²) in [7, 11) is 0. The highest BCUT2D eigenvalue weighted by atomic mass is 16.8. The van der Waals surface area contributed by atoms with E-state index < -0.39 is 149 Å². The van der Waals surface area contributed by atoms with Crippen LogP contribution in [0.25, 0.3) is 0 Å². The third kappa shape index (κ3) is 7.59. The minimum Gasteiger partial charge on any atom is -0.394 e. The van der Waals surface area contributed by atoms with Gasteiger partial charge >= 0.3 is 0 Å². The Morgan fingerprint density at radius 2 is 0.689 bits per heavy atom. The van der Waals surface area contributed by atoms with E-state index in [0.717, 1.165) is 0 Å². The topological polar surface area (TPSA) is 348 Å². The Balaban J connectivity index is 1.47. The molecule has 4 heterocycles. The van der Waals surface area contributed by atoms with Gasteiger partial charge in [0.2, 0.25) is 0 Å². The van der Waals surface area contributed by atoms with Crippen LogP contribution in [0.15, 0.2) is 0 Å². The van der Waals surface area contributed by atoms with Crippen LogP contribution in [0.5, 0.6) is 0 Å². The molecular weight excluding hydrogens is 624 g/mol. The maximum Gasteiger partial charge on any atom is 0.189 e. The standard InChI is InChI=1S/C24H42O21/c25-1-5-9(28)13(32)17(36)21(40-5)44-20-16(35)11(30)7(3-27)42-24(20)39-4-8-12(31)15(34)19(38)23(43-8)45-22-18(37)14(33)10(29)6(2-26)41-22/h5-38H,1-4H2/t5-,6-,7-,8-,9-,10-,11-,12-,13+,14+,15+,16+,17-,18-,19-,20-,21-,22-,23-,24+/m1/s1/i36+0. The minimum absolute atomic E-state index is 0.750. The molecule has 0 amide bonds. The lowest BCUT2D eigenvalue weighted by Crippen LogP contribution is -2.65. The molecule has 0 aromatic carbocycles. The molecule has 0 bridgehead atoms. The van der Waals surface area contributed by atoms with E-state index in [1.54, 1.807) is 0 Å². The fourth-order valence-electron chi connectivity index (χ4n) is 5.34. The molecular formula is C24H42O21. The van der Waals surface area contributed by atoms with Crippen molar-refractivity contribution in [2.45, 2.75) is 123 Å². The van der Waals surface area contributed by atoms with Crippen molar-refractivity contribution >= 4 is 0 Å². The molecule has 4 aliphatic heterocycles. The Bertz CT molecular complexity index is 914. The highest BCUT2D eigenvalue weighted by Gasteiger charge is 2.53. The predicted molar refractivity (Wildman–Crippen MR) is 134 cm³/mol. The zero-order chi connectivity index (χ0) is 33.3. The second kappa shape index (κ2) is 15.6. The van der Waals surface area contributed by atoms with E-state index >= 15 is 0 Å². The van der Waals surface area contributed by atoms with E-state index in [9.17, 15) is 71.5 Å². The van der Waals surface area contributed by atoms with Gasteiger partial charge < -0.3 is 105 Å². The summed E-state index contributed by atoms with van der Waals surface area (Å²) >= 11 is 0. The SMILES string of the molecule is OC[C@H]1O[C@H](O[C@H]2O[C@H](CO[C@H]3O[C@H](CO)[C@@H](O)[C@H](O)[C@H]3O[C@H]3O[C@H](CO)[C@@H](O)[C@H](O)[C@H]3[16OH])[C@@H](O)[C@H](O)[C@H]2O)[C@H](O)[C@@H](O)[C@@H]1O. The Kier molecular flexibility index (Phi) is 12.8. The number of rotatable bonds is 10. The fourth-order valence-corrected chi connectivity index (χ4v) is 5.34. The summed E-state index contributed by atoms with van der Waals surface area (Å²) in [4.78, 5) is 0. The number of hydrogen-bond acceptors (Lipinski definition) is 21. The molecule has 4 aliphatic rings. The van der Waals surface area contributed by atoms with E-state index in [4.69, 9.17) is 33.2 Å². The Morgan fingerprint density at radius 3 is 1.11 bits per heavy atom. The summed E-state index contributed by atoms with van der Waals surface area (Å²) in [6.45, 7) is -3.17. The largest absolute Gasteiger partial charge is 0.394 e. The highest BCUT2D eigenvalue weighted by molar-refractivity contribution is 4.95. The van der Waals surface area contributed by atoms with E-state index in [1.807, 2.05) is 0 Å². The van der Waals surface area contributed by atoms with Gasteiger partial charge in [-0.15, -0.1) is 0 Å². The van der Waals surface area contributed by atoms with Crippen molar-refractivity contribution in [1.29, 1.82) is 0 Å². The Morgan fingerprint density at radius 1 is 0.356 bits per heavy atom. The summed E-state index contributed by atoms with van der Waals surface area (Å²) in [6, 6.07) is 0. The highest BCUT2D eigenvalue weighted by Crippen LogP contribution is 2.32. The van der Waals surface area contributed by atoms with Crippen molar-refractivity contribution in [1.82, 2.24) is 0 Å². The van der Waals surface area contributed by atoms with E-state index in [1.165, 1.54) is 0 Å². The summed E-state index contributed by atoms with van der Waals surface area (Å²) in [6.07, 6.45) is -35.3. The van der Waals surface area contributed by atoms with Crippen molar-refractivity contribution in [2.75, 3.05) is 26.4 Å². The van der Waals surface area contributed by atoms with Gasteiger partial charge in [0.05, 0.1) is 26.4 Å². The lowest BCUT2D eigenvalue weighted by molar-refractivity contribution is -0.387. The normalized spacial score (nSPS) is 52.9. The molecule has 4 saturated heterocycles. The first-order valence-electron chi connectivity index (χ1n) is 14.1. The van der Waals surface area contributed by atoms with Gasteiger partial charge in [0.25, 0.3) is 0 Å². The summed E-state index contributed by atoms with van der Waals surface area (Å²) in [5, 5.41) is 142. The maximum absolute atomic E-state index is 10.8. The number of ether oxygens (including phenoxy) is 7. The van der Waals surface area contributed by atoms with E-state index in [-0.39, 0.29) is 0 Å². The van der Waals surface area contributed by atoms with Crippen LogP contribution in [-0.2, 0) is 33.2 Å². The summed E-state index contributed by atoms with van der Waals surface area (Å²) in [5.41, 5.74) is 0. The van der Waals surface area contributed by atoms with Crippen LogP contribution in [0.1, 0.15) is 0 Å². The average Bonchev–Trinajstić information content (AvgIpc) is 3.03. The first-order valence-corrected chi connectivity index (χ1v) is 14.1. The zero-order valence-electron chi connectivity index (χ0n) is 23.5. The third-order valence-corrected chi connectivity index (χ3v) is 8.17. The smallest absolute Gasteiger partial charge is 0.189 e. The molecule has 4 fully saturated rings. The monoisotopic (exact) mass is 666 g/mol. The van der Waals surface area contributed by atoms with Gasteiger partial charge in [-0.25, -0.2) is 0 Å². The van der Waals surface area contributed by atoms with Gasteiger partial charge in [0.1, 0.15) is 97.7 Å². The van der Waals surface area contributed by atoms with E-state index in [2.05, 4.69) is 0 Å². The van der Waals surface area contributed by atoms with Crippen LogP contribution in [0, 0.1) is 0 Å². The molecule has 21 heteroatoms. The molecule has 21 nitrogen and oxygen atoms in total. The minimum atomic E-state index is -1.97. The number of hydrogen-bond donors (Lipinski definition) is 14. The van der Waals surface area contributed by atoms with Crippen molar-refractivity contribution in [3.8, 4) is 0 Å². The molecule has 0 aromatic rings. The Labute approximate surface area is 254 Å². The molecule has 0 spiro atoms. The van der Waals surface area contributed by atoms with Crippen LogP contribution in [0.4, 0.5) is 0 Å². The first-order chi connectivity index (χ1) is 21.2. The van der Waals surface area contributed by atoms with Gasteiger partial charge in [-0.05, 0) is 0 Å². The second-order valence-corrected chi connectivity index (χ2v) is 11.2. The zero-order valence-corrected chi connectivity index (χ0v) is 23.5. The summed E-state index contributed by atoms with van der Waals surface area (Å²) < 4.78 is 38.0. The molecule has 4 rings (SSSR count). The molecule has 0 saturated carbocycles. The average molecular weight is 667 g/mol. The maximum atomic E-state index is 10.8.